The van der Waals surface area contributed by atoms with Crippen LogP contribution in [0.4, 0.5) is 0 Å². The number of hydrogen-bond donors (Lipinski definition) is 3. The van der Waals surface area contributed by atoms with Crippen LogP contribution in [0.15, 0.2) is 5.16 Å². The predicted molar refractivity (Wildman–Crippen MR) is 68.7 cm³/mol. The minimum absolute atomic E-state index is 0.0811. The Kier molecular flexibility index (Phi) is 7.99. The molecule has 0 aliphatic carbocycles. The topological polar surface area (TPSA) is 70.6 Å². The first-order valence-corrected chi connectivity index (χ1v) is 6.18. The number of nitrogens with one attached hydrogen (secondary N) is 1. The molecule has 0 aliphatic rings. The van der Waals surface area contributed by atoms with E-state index in [1.807, 2.05) is 6.92 Å². The highest BCUT2D eigenvalue weighted by atomic mass is 16.4. The lowest BCUT2D eigenvalue weighted by atomic mass is 10.0. The molecule has 0 saturated heterocycles. The van der Waals surface area contributed by atoms with E-state index in [1.165, 1.54) is 19.3 Å². The van der Waals surface area contributed by atoms with E-state index >= 15 is 0 Å². The van der Waals surface area contributed by atoms with Crippen LogP contribution in [0.5, 0.6) is 0 Å². The van der Waals surface area contributed by atoms with Gasteiger partial charge in [-0.2, -0.15) is 0 Å². The average Bonchev–Trinajstić information content (AvgIpc) is 2.24. The van der Waals surface area contributed by atoms with Gasteiger partial charge in [-0.15, -0.1) is 0 Å². The Bertz CT molecular complexity index is 204. The van der Waals surface area contributed by atoms with Gasteiger partial charge >= 0.3 is 0 Å². The van der Waals surface area contributed by atoms with Gasteiger partial charge in [-0.25, -0.2) is 0 Å². The van der Waals surface area contributed by atoms with Crippen LogP contribution in [0.3, 0.4) is 0 Å². The molecule has 0 heterocycles. The van der Waals surface area contributed by atoms with E-state index in [9.17, 15) is 0 Å². The summed E-state index contributed by atoms with van der Waals surface area (Å²) in [6, 6.07) is 0.493. The molecule has 0 saturated carbocycles. The quantitative estimate of drug-likeness (QED) is 0.258. The lowest BCUT2D eigenvalue weighted by molar-refractivity contribution is 0.313. The molecule has 0 aromatic heterocycles. The van der Waals surface area contributed by atoms with Gasteiger partial charge in [0, 0.05) is 18.5 Å². The Labute approximate surface area is 99.3 Å². The van der Waals surface area contributed by atoms with E-state index in [4.69, 9.17) is 10.9 Å². The lowest BCUT2D eigenvalue weighted by Crippen LogP contribution is -2.35. The first kappa shape index (κ1) is 15.2. The molecule has 0 rings (SSSR count). The molecule has 2 unspecified atom stereocenters. The maximum absolute atomic E-state index is 8.51. The second-order valence-electron chi connectivity index (χ2n) is 5.06. The van der Waals surface area contributed by atoms with E-state index in [-0.39, 0.29) is 5.92 Å². The zero-order valence-electron chi connectivity index (χ0n) is 11.0. The number of oxime groups is 1. The SMILES string of the molecule is CC(C)CCCC(C)NCC(C)C(N)=NO. The number of amidine groups is 1. The van der Waals surface area contributed by atoms with E-state index in [0.29, 0.717) is 11.9 Å². The van der Waals surface area contributed by atoms with Crippen LogP contribution in [0.1, 0.15) is 47.0 Å². The molecule has 4 N–H and O–H groups in total. The highest BCUT2D eigenvalue weighted by molar-refractivity contribution is 5.82. The lowest BCUT2D eigenvalue weighted by Gasteiger charge is -2.17. The van der Waals surface area contributed by atoms with E-state index in [1.54, 1.807) is 0 Å². The van der Waals surface area contributed by atoms with Crippen molar-refractivity contribution in [2.75, 3.05) is 6.54 Å². The fraction of sp³-hybridized carbons (Fsp3) is 0.917. The van der Waals surface area contributed by atoms with Gasteiger partial charge in [0.05, 0.1) is 0 Å². The number of rotatable bonds is 8. The van der Waals surface area contributed by atoms with Crippen molar-refractivity contribution in [3.05, 3.63) is 0 Å². The van der Waals surface area contributed by atoms with Crippen molar-refractivity contribution in [2.24, 2.45) is 22.7 Å². The first-order valence-electron chi connectivity index (χ1n) is 6.18. The molecule has 4 nitrogen and oxygen atoms in total. The van der Waals surface area contributed by atoms with Crippen LogP contribution in [0, 0.1) is 11.8 Å². The zero-order chi connectivity index (χ0) is 12.6. The van der Waals surface area contributed by atoms with Gasteiger partial charge in [-0.1, -0.05) is 38.8 Å². The summed E-state index contributed by atoms with van der Waals surface area (Å²) in [5, 5.41) is 14.9. The molecule has 0 radical (unpaired) electrons. The monoisotopic (exact) mass is 229 g/mol. The van der Waals surface area contributed by atoms with Crippen molar-refractivity contribution in [1.29, 1.82) is 0 Å². The third-order valence-corrected chi connectivity index (χ3v) is 2.81. The molecular formula is C12H27N3O. The number of hydrogen-bond acceptors (Lipinski definition) is 3. The van der Waals surface area contributed by atoms with Gasteiger partial charge in [-0.3, -0.25) is 0 Å². The van der Waals surface area contributed by atoms with Gasteiger partial charge in [0.25, 0.3) is 0 Å². The smallest absolute Gasteiger partial charge is 0.143 e. The molecule has 0 aliphatic heterocycles. The fourth-order valence-corrected chi connectivity index (χ4v) is 1.52. The van der Waals surface area contributed by atoms with Crippen LogP contribution in [-0.2, 0) is 0 Å². The molecule has 0 aromatic rings. The van der Waals surface area contributed by atoms with Crippen molar-refractivity contribution >= 4 is 5.84 Å². The summed E-state index contributed by atoms with van der Waals surface area (Å²) in [6.07, 6.45) is 3.71. The average molecular weight is 229 g/mol. The predicted octanol–water partition coefficient (Wildman–Crippen LogP) is 2.17. The van der Waals surface area contributed by atoms with Crippen molar-refractivity contribution < 1.29 is 5.21 Å². The highest BCUT2D eigenvalue weighted by Gasteiger charge is 2.09. The van der Waals surface area contributed by atoms with Gasteiger partial charge < -0.3 is 16.3 Å². The summed E-state index contributed by atoms with van der Waals surface area (Å²) in [6.45, 7) is 9.39. The summed E-state index contributed by atoms with van der Waals surface area (Å²) in [7, 11) is 0. The number of nitrogens with two attached hydrogens (primary N) is 1. The first-order chi connectivity index (χ1) is 7.47. The van der Waals surface area contributed by atoms with Crippen molar-refractivity contribution in [3.63, 3.8) is 0 Å². The number of nitrogens with zero attached hydrogens (tertiary/aromatic N) is 1. The van der Waals surface area contributed by atoms with Crippen molar-refractivity contribution in [2.45, 2.75) is 53.0 Å². The van der Waals surface area contributed by atoms with Crippen LogP contribution >= 0.6 is 0 Å². The zero-order valence-corrected chi connectivity index (χ0v) is 11.0. The van der Waals surface area contributed by atoms with Gasteiger partial charge in [0.1, 0.15) is 5.84 Å². The van der Waals surface area contributed by atoms with Crippen molar-refractivity contribution in [1.82, 2.24) is 5.32 Å². The summed E-state index contributed by atoms with van der Waals surface area (Å²) < 4.78 is 0. The molecule has 16 heavy (non-hydrogen) atoms. The van der Waals surface area contributed by atoms with Crippen LogP contribution < -0.4 is 11.1 Å². The third kappa shape index (κ3) is 7.51. The van der Waals surface area contributed by atoms with Gasteiger partial charge in [0.2, 0.25) is 0 Å². The van der Waals surface area contributed by atoms with Crippen molar-refractivity contribution in [3.8, 4) is 0 Å². The maximum atomic E-state index is 8.51. The molecular weight excluding hydrogens is 202 g/mol. The Balaban J connectivity index is 3.61. The second kappa shape index (κ2) is 8.39. The van der Waals surface area contributed by atoms with Crippen LogP contribution in [-0.4, -0.2) is 23.6 Å². The standard InChI is InChI=1S/C12H27N3O/c1-9(2)6-5-7-11(4)14-8-10(3)12(13)15-16/h9-11,14,16H,5-8H2,1-4H3,(H2,13,15). The molecule has 2 atom stereocenters. The normalized spacial score (nSPS) is 16.4. The van der Waals surface area contributed by atoms with Crippen LogP contribution in [0.25, 0.3) is 0 Å². The van der Waals surface area contributed by atoms with E-state index in [2.05, 4.69) is 31.2 Å². The fourth-order valence-electron chi connectivity index (χ4n) is 1.52. The molecule has 0 aromatic carbocycles. The summed E-state index contributed by atoms with van der Waals surface area (Å²) >= 11 is 0. The van der Waals surface area contributed by atoms with Crippen LogP contribution in [0.2, 0.25) is 0 Å². The van der Waals surface area contributed by atoms with Gasteiger partial charge in [-0.05, 0) is 19.3 Å². The summed E-state index contributed by atoms with van der Waals surface area (Å²) in [5.41, 5.74) is 5.50. The molecule has 0 amide bonds. The Morgan fingerprint density at radius 3 is 2.38 bits per heavy atom. The Morgan fingerprint density at radius 2 is 1.88 bits per heavy atom. The second-order valence-corrected chi connectivity index (χ2v) is 5.06. The summed E-state index contributed by atoms with van der Waals surface area (Å²) in [4.78, 5) is 0. The minimum atomic E-state index is 0.0811. The molecule has 96 valence electrons. The Hall–Kier alpha value is -0.770. The molecule has 0 spiro atoms. The highest BCUT2D eigenvalue weighted by Crippen LogP contribution is 2.08. The van der Waals surface area contributed by atoms with Gasteiger partial charge in [0.15, 0.2) is 0 Å². The minimum Gasteiger partial charge on any atom is -0.409 e. The summed E-state index contributed by atoms with van der Waals surface area (Å²) in [5.74, 6) is 1.16. The Morgan fingerprint density at radius 1 is 1.25 bits per heavy atom. The van der Waals surface area contributed by atoms with E-state index < -0.39 is 0 Å². The maximum Gasteiger partial charge on any atom is 0.143 e. The molecule has 4 heteroatoms. The molecule has 0 bridgehead atoms. The third-order valence-electron chi connectivity index (χ3n) is 2.81. The molecule has 0 fully saturated rings. The van der Waals surface area contributed by atoms with E-state index in [0.717, 1.165) is 12.5 Å². The largest absolute Gasteiger partial charge is 0.409 e.